The van der Waals surface area contributed by atoms with E-state index in [1.54, 1.807) is 11.6 Å². The lowest BCUT2D eigenvalue weighted by atomic mass is 9.81. The van der Waals surface area contributed by atoms with Gasteiger partial charge in [-0.3, -0.25) is 9.13 Å². The first-order chi connectivity index (χ1) is 11.3. The number of fused-ring (bicyclic) bond motifs is 1. The molecule has 2 aromatic heterocycles. The molecule has 24 heavy (non-hydrogen) atoms. The molecule has 3 rings (SSSR count). The molecule has 0 bridgehead atoms. The zero-order chi connectivity index (χ0) is 17.5. The second-order valence-corrected chi connectivity index (χ2v) is 8.24. The summed E-state index contributed by atoms with van der Waals surface area (Å²) in [6.45, 7) is 7.08. The van der Waals surface area contributed by atoms with Gasteiger partial charge in [-0.05, 0) is 43.2 Å². The maximum Gasteiger partial charge on any atom is 0.330 e. The Morgan fingerprint density at radius 1 is 1.25 bits per heavy atom. The van der Waals surface area contributed by atoms with Crippen molar-refractivity contribution in [2.75, 3.05) is 0 Å². The predicted octanol–water partition coefficient (Wildman–Crippen LogP) is 3.58. The van der Waals surface area contributed by atoms with Crippen molar-refractivity contribution in [3.8, 4) is 6.07 Å². The van der Waals surface area contributed by atoms with Crippen molar-refractivity contribution in [3.63, 3.8) is 0 Å². The average molecular weight is 326 g/mol. The molecule has 0 unspecified atom stereocenters. The van der Waals surface area contributed by atoms with Crippen LogP contribution in [0.2, 0.25) is 0 Å². The molecule has 5 heteroatoms. The molecule has 5 nitrogen and oxygen atoms in total. The van der Waals surface area contributed by atoms with Crippen LogP contribution in [-0.4, -0.2) is 14.1 Å². The number of nitriles is 1. The molecule has 0 radical (unpaired) electrons. The van der Waals surface area contributed by atoms with E-state index < -0.39 is 0 Å². The van der Waals surface area contributed by atoms with Crippen LogP contribution >= 0.6 is 0 Å². The summed E-state index contributed by atoms with van der Waals surface area (Å²) in [4.78, 5) is 17.4. The quantitative estimate of drug-likeness (QED) is 0.847. The number of nitrogens with zero attached hydrogens (tertiary/aromatic N) is 4. The number of pyridine rings is 1. The molecule has 0 N–H and O–H groups in total. The van der Waals surface area contributed by atoms with Crippen LogP contribution in [0.3, 0.4) is 0 Å². The van der Waals surface area contributed by atoms with Crippen molar-refractivity contribution in [2.45, 2.75) is 58.9 Å². The second-order valence-electron chi connectivity index (χ2n) is 8.24. The highest BCUT2D eigenvalue weighted by Gasteiger charge is 2.24. The van der Waals surface area contributed by atoms with E-state index in [0.717, 1.165) is 42.5 Å². The Labute approximate surface area is 142 Å². The molecule has 1 aliphatic carbocycles. The van der Waals surface area contributed by atoms with Crippen LogP contribution in [-0.2, 0) is 13.6 Å². The summed E-state index contributed by atoms with van der Waals surface area (Å²) < 4.78 is 3.49. The molecule has 0 saturated heterocycles. The topological polar surface area (TPSA) is 63.6 Å². The van der Waals surface area contributed by atoms with Crippen LogP contribution in [0.5, 0.6) is 0 Å². The molecule has 1 saturated carbocycles. The van der Waals surface area contributed by atoms with E-state index in [-0.39, 0.29) is 17.0 Å². The number of aryl methyl sites for hydroxylation is 1. The van der Waals surface area contributed by atoms with Gasteiger partial charge >= 0.3 is 5.69 Å². The number of hydrogen-bond donors (Lipinski definition) is 0. The van der Waals surface area contributed by atoms with Crippen molar-refractivity contribution in [1.82, 2.24) is 14.1 Å². The lowest BCUT2D eigenvalue weighted by Gasteiger charge is -2.24. The summed E-state index contributed by atoms with van der Waals surface area (Å²) in [7, 11) is 1.80. The lowest BCUT2D eigenvalue weighted by molar-refractivity contribution is 0.342. The second kappa shape index (κ2) is 6.08. The molecule has 128 valence electrons. The maximum atomic E-state index is 12.6. The smallest absolute Gasteiger partial charge is 0.290 e. The van der Waals surface area contributed by atoms with E-state index in [0.29, 0.717) is 12.5 Å². The van der Waals surface area contributed by atoms with Gasteiger partial charge in [-0.1, -0.05) is 20.8 Å². The van der Waals surface area contributed by atoms with Crippen LogP contribution in [0.15, 0.2) is 16.9 Å². The van der Waals surface area contributed by atoms with Crippen molar-refractivity contribution in [2.24, 2.45) is 18.4 Å². The van der Waals surface area contributed by atoms with Gasteiger partial charge in [0.2, 0.25) is 0 Å². The molecule has 2 heterocycles. The largest absolute Gasteiger partial charge is 0.330 e. The van der Waals surface area contributed by atoms with Crippen LogP contribution in [0.4, 0.5) is 0 Å². The fraction of sp³-hybridized carbons (Fsp3) is 0.632. The average Bonchev–Trinajstić information content (AvgIpc) is 2.78. The van der Waals surface area contributed by atoms with E-state index in [4.69, 9.17) is 10.2 Å². The molecular weight excluding hydrogens is 300 g/mol. The fourth-order valence-electron chi connectivity index (χ4n) is 3.66. The number of rotatable bonds is 2. The Balaban J connectivity index is 1.97. The summed E-state index contributed by atoms with van der Waals surface area (Å²) in [5, 5.41) is 9.05. The molecule has 1 aliphatic rings. The number of imidazole rings is 1. The van der Waals surface area contributed by atoms with Gasteiger partial charge in [0.1, 0.15) is 0 Å². The predicted molar refractivity (Wildman–Crippen MR) is 94.7 cm³/mol. The first-order valence-electron chi connectivity index (χ1n) is 8.76. The summed E-state index contributed by atoms with van der Waals surface area (Å²) in [6, 6.07) is 6.49. The zero-order valence-corrected chi connectivity index (χ0v) is 15.0. The van der Waals surface area contributed by atoms with Crippen LogP contribution in [0, 0.1) is 22.7 Å². The van der Waals surface area contributed by atoms with E-state index in [1.165, 1.54) is 0 Å². The van der Waals surface area contributed by atoms with E-state index in [2.05, 4.69) is 32.9 Å². The van der Waals surface area contributed by atoms with Gasteiger partial charge in [-0.2, -0.15) is 5.26 Å². The van der Waals surface area contributed by atoms with E-state index in [9.17, 15) is 4.79 Å². The van der Waals surface area contributed by atoms with Crippen molar-refractivity contribution in [3.05, 3.63) is 28.3 Å². The maximum absolute atomic E-state index is 12.6. The molecule has 0 amide bonds. The SMILES string of the molecule is Cn1c(=O)n(CC(C)(C)C)c2ccc(C3CCC(C#N)CC3)nc21. The third-order valence-corrected chi connectivity index (χ3v) is 4.96. The first kappa shape index (κ1) is 16.8. The third-order valence-electron chi connectivity index (χ3n) is 4.96. The minimum absolute atomic E-state index is 0.00207. The van der Waals surface area contributed by atoms with Gasteiger partial charge in [0.25, 0.3) is 0 Å². The van der Waals surface area contributed by atoms with Crippen LogP contribution in [0.25, 0.3) is 11.2 Å². The monoisotopic (exact) mass is 326 g/mol. The molecule has 0 spiro atoms. The van der Waals surface area contributed by atoms with E-state index >= 15 is 0 Å². The van der Waals surface area contributed by atoms with Crippen molar-refractivity contribution >= 4 is 11.2 Å². The highest BCUT2D eigenvalue weighted by Crippen LogP contribution is 2.35. The summed E-state index contributed by atoms with van der Waals surface area (Å²) in [6.07, 6.45) is 3.91. The molecule has 2 aromatic rings. The Hall–Kier alpha value is -2.09. The Kier molecular flexibility index (Phi) is 4.25. The highest BCUT2D eigenvalue weighted by atomic mass is 16.1. The molecule has 1 fully saturated rings. The van der Waals surface area contributed by atoms with E-state index in [1.807, 2.05) is 10.6 Å². The first-order valence-corrected chi connectivity index (χ1v) is 8.76. The Bertz CT molecular complexity index is 839. The molecule has 0 aliphatic heterocycles. The molecule has 0 aromatic carbocycles. The highest BCUT2D eigenvalue weighted by molar-refractivity contribution is 5.72. The van der Waals surface area contributed by atoms with Gasteiger partial charge in [0.15, 0.2) is 5.65 Å². The van der Waals surface area contributed by atoms with Crippen LogP contribution in [0.1, 0.15) is 58.1 Å². The molecular formula is C19H26N4O. The van der Waals surface area contributed by atoms with Crippen LogP contribution < -0.4 is 5.69 Å². The van der Waals surface area contributed by atoms with Gasteiger partial charge in [-0.15, -0.1) is 0 Å². The Morgan fingerprint density at radius 3 is 2.50 bits per heavy atom. The minimum atomic E-state index is -0.00207. The summed E-state index contributed by atoms with van der Waals surface area (Å²) >= 11 is 0. The third kappa shape index (κ3) is 3.10. The van der Waals surface area contributed by atoms with Crippen molar-refractivity contribution in [1.29, 1.82) is 5.26 Å². The zero-order valence-electron chi connectivity index (χ0n) is 15.0. The van der Waals surface area contributed by atoms with Crippen molar-refractivity contribution < 1.29 is 0 Å². The summed E-state index contributed by atoms with van der Waals surface area (Å²) in [5.74, 6) is 0.599. The normalized spacial score (nSPS) is 21.8. The van der Waals surface area contributed by atoms with Gasteiger partial charge in [0.05, 0.1) is 11.6 Å². The lowest BCUT2D eigenvalue weighted by Crippen LogP contribution is -2.27. The van der Waals surface area contributed by atoms with Gasteiger partial charge < -0.3 is 0 Å². The summed E-state index contributed by atoms with van der Waals surface area (Å²) in [5.41, 5.74) is 2.77. The minimum Gasteiger partial charge on any atom is -0.290 e. The Morgan fingerprint density at radius 2 is 1.92 bits per heavy atom. The number of aromatic nitrogens is 3. The standard InChI is InChI=1S/C19H26N4O/c1-19(2,3)12-23-16-10-9-15(21-17(16)22(4)18(23)24)14-7-5-13(11-20)6-8-14/h9-10,13-14H,5-8,12H2,1-4H3. The van der Waals surface area contributed by atoms with Gasteiger partial charge in [0, 0.05) is 31.1 Å². The molecule has 0 atom stereocenters. The number of hydrogen-bond acceptors (Lipinski definition) is 3. The van der Waals surface area contributed by atoms with Gasteiger partial charge in [-0.25, -0.2) is 9.78 Å². The fourth-order valence-corrected chi connectivity index (χ4v) is 3.66.